The largest absolute Gasteiger partial charge is 0.492 e. The molecule has 0 spiro atoms. The molecule has 2 rings (SSSR count). The number of ether oxygens (including phenoxy) is 1. The van der Waals surface area contributed by atoms with Crippen LogP contribution in [0, 0.1) is 3.57 Å². The molecule has 0 amide bonds. The molecule has 18 heavy (non-hydrogen) atoms. The summed E-state index contributed by atoms with van der Waals surface area (Å²) < 4.78 is 6.54. The number of nitrogens with one attached hydrogen (secondary N) is 1. The van der Waals surface area contributed by atoms with Crippen LogP contribution < -0.4 is 15.8 Å². The number of hydrogen-bond acceptors (Lipinski definition) is 5. The Morgan fingerprint density at radius 3 is 2.50 bits per heavy atom. The topological polar surface area (TPSA) is 73.1 Å². The Bertz CT molecular complexity index is 439. The number of hydrogen-bond donors (Lipinski definition) is 2. The second-order valence-corrected chi connectivity index (χ2v) is 4.81. The molecule has 0 saturated carbocycles. The molecule has 0 aliphatic carbocycles. The van der Waals surface area contributed by atoms with E-state index >= 15 is 0 Å². The summed E-state index contributed by atoms with van der Waals surface area (Å²) in [4.78, 5) is 8.27. The number of nitrogen functional groups attached to an aromatic ring is 1. The van der Waals surface area contributed by atoms with E-state index in [9.17, 15) is 0 Å². The average molecular weight is 356 g/mol. The molecule has 94 valence electrons. The van der Waals surface area contributed by atoms with Crippen LogP contribution in [-0.2, 0) is 0 Å². The quantitative estimate of drug-likeness (QED) is 0.488. The minimum Gasteiger partial charge on any atom is -0.492 e. The third-order valence-electron chi connectivity index (χ3n) is 2.15. The fraction of sp³-hybridized carbons (Fsp3) is 0.167. The summed E-state index contributed by atoms with van der Waals surface area (Å²) in [5.74, 6) is 1.41. The maximum atomic E-state index is 5.58. The van der Waals surface area contributed by atoms with E-state index in [0.29, 0.717) is 19.1 Å². The van der Waals surface area contributed by atoms with E-state index in [-0.39, 0.29) is 0 Å². The first-order valence-corrected chi connectivity index (χ1v) is 6.52. The Balaban J connectivity index is 1.73. The summed E-state index contributed by atoms with van der Waals surface area (Å²) in [5, 5.41) is 3.08. The Hall–Kier alpha value is -1.57. The number of nitrogens with two attached hydrogens (primary N) is 1. The zero-order chi connectivity index (χ0) is 12.8. The maximum Gasteiger partial charge on any atom is 0.222 e. The molecule has 0 atom stereocenters. The Labute approximate surface area is 119 Å². The van der Waals surface area contributed by atoms with Crippen LogP contribution in [0.2, 0.25) is 0 Å². The summed E-state index contributed by atoms with van der Waals surface area (Å²) in [7, 11) is 0. The highest BCUT2D eigenvalue weighted by molar-refractivity contribution is 14.1. The predicted molar refractivity (Wildman–Crippen MR) is 79.6 cm³/mol. The van der Waals surface area contributed by atoms with Crippen LogP contribution in [0.3, 0.4) is 0 Å². The summed E-state index contributed by atoms with van der Waals surface area (Å²) in [6.45, 7) is 1.18. The number of halogens is 1. The number of rotatable bonds is 5. The van der Waals surface area contributed by atoms with Crippen LogP contribution in [0.4, 0.5) is 11.6 Å². The molecule has 6 heteroatoms. The third-order valence-corrected chi connectivity index (χ3v) is 2.71. The van der Waals surface area contributed by atoms with Gasteiger partial charge in [0, 0.05) is 21.7 Å². The summed E-state index contributed by atoms with van der Waals surface area (Å²) >= 11 is 2.16. The van der Waals surface area contributed by atoms with Crippen LogP contribution in [-0.4, -0.2) is 23.1 Å². The lowest BCUT2D eigenvalue weighted by molar-refractivity contribution is 0.332. The van der Waals surface area contributed by atoms with Crippen molar-refractivity contribution in [2.75, 3.05) is 24.2 Å². The van der Waals surface area contributed by atoms with Crippen molar-refractivity contribution in [2.24, 2.45) is 0 Å². The second kappa shape index (κ2) is 6.39. The lowest BCUT2D eigenvalue weighted by Crippen LogP contribution is -2.13. The molecule has 5 nitrogen and oxygen atoms in total. The van der Waals surface area contributed by atoms with Gasteiger partial charge in [0.15, 0.2) is 0 Å². The normalized spacial score (nSPS) is 10.1. The lowest BCUT2D eigenvalue weighted by Gasteiger charge is -2.07. The molecular weight excluding hydrogens is 343 g/mol. The van der Waals surface area contributed by atoms with E-state index in [2.05, 4.69) is 37.9 Å². The lowest BCUT2D eigenvalue weighted by atomic mass is 10.3. The fourth-order valence-electron chi connectivity index (χ4n) is 1.30. The number of benzene rings is 1. The molecule has 0 unspecified atom stereocenters. The van der Waals surface area contributed by atoms with E-state index < -0.39 is 0 Å². The van der Waals surface area contributed by atoms with E-state index in [1.807, 2.05) is 24.3 Å². The molecule has 1 heterocycles. The van der Waals surface area contributed by atoms with Crippen molar-refractivity contribution in [1.82, 2.24) is 9.97 Å². The molecule has 0 saturated heterocycles. The fourth-order valence-corrected chi connectivity index (χ4v) is 1.58. The highest BCUT2D eigenvalue weighted by Gasteiger charge is 1.96. The molecule has 1 aromatic heterocycles. The Morgan fingerprint density at radius 2 is 1.83 bits per heavy atom. The second-order valence-electron chi connectivity index (χ2n) is 3.57. The van der Waals surface area contributed by atoms with Crippen LogP contribution in [0.15, 0.2) is 36.7 Å². The van der Waals surface area contributed by atoms with E-state index in [1.54, 1.807) is 12.4 Å². The first kappa shape index (κ1) is 12.9. The smallest absolute Gasteiger partial charge is 0.222 e. The minimum atomic E-state index is 0.541. The van der Waals surface area contributed by atoms with Gasteiger partial charge in [-0.15, -0.1) is 0 Å². The SMILES string of the molecule is Nc1ccc(OCCNc2ncc(I)cn2)cc1. The maximum absolute atomic E-state index is 5.58. The van der Waals surface area contributed by atoms with Gasteiger partial charge in [0.05, 0.1) is 6.54 Å². The minimum absolute atomic E-state index is 0.541. The molecule has 3 N–H and O–H groups in total. The van der Waals surface area contributed by atoms with Crippen molar-refractivity contribution in [3.63, 3.8) is 0 Å². The van der Waals surface area contributed by atoms with Crippen LogP contribution in [0.5, 0.6) is 5.75 Å². The highest BCUT2D eigenvalue weighted by Crippen LogP contribution is 2.12. The predicted octanol–water partition coefficient (Wildman–Crippen LogP) is 2.15. The van der Waals surface area contributed by atoms with Crippen LogP contribution in [0.25, 0.3) is 0 Å². The Kier molecular flexibility index (Phi) is 4.57. The number of anilines is 2. The van der Waals surface area contributed by atoms with Gasteiger partial charge in [-0.25, -0.2) is 9.97 Å². The molecule has 0 bridgehead atoms. The number of aromatic nitrogens is 2. The van der Waals surface area contributed by atoms with Gasteiger partial charge < -0.3 is 15.8 Å². The van der Waals surface area contributed by atoms with Crippen LogP contribution in [0.1, 0.15) is 0 Å². The van der Waals surface area contributed by atoms with Gasteiger partial charge in [0.2, 0.25) is 5.95 Å². The monoisotopic (exact) mass is 356 g/mol. The summed E-state index contributed by atoms with van der Waals surface area (Å²) in [6, 6.07) is 7.31. The van der Waals surface area contributed by atoms with Crippen molar-refractivity contribution < 1.29 is 4.74 Å². The first-order valence-electron chi connectivity index (χ1n) is 5.44. The summed E-state index contributed by atoms with van der Waals surface area (Å²) in [6.07, 6.45) is 3.52. The van der Waals surface area contributed by atoms with Crippen molar-refractivity contribution >= 4 is 34.2 Å². The van der Waals surface area contributed by atoms with Gasteiger partial charge in [0.25, 0.3) is 0 Å². The summed E-state index contributed by atoms with van der Waals surface area (Å²) in [5.41, 5.74) is 6.31. The van der Waals surface area contributed by atoms with Crippen molar-refractivity contribution in [2.45, 2.75) is 0 Å². The van der Waals surface area contributed by atoms with Gasteiger partial charge in [-0.1, -0.05) is 0 Å². The molecule has 2 aromatic rings. The zero-order valence-electron chi connectivity index (χ0n) is 9.64. The third kappa shape index (κ3) is 4.02. The molecule has 1 aromatic carbocycles. The molecule has 0 fully saturated rings. The van der Waals surface area contributed by atoms with Crippen molar-refractivity contribution in [3.05, 3.63) is 40.2 Å². The number of nitrogens with zero attached hydrogens (tertiary/aromatic N) is 2. The standard InChI is InChI=1S/C12H13IN4O/c13-9-7-16-12(17-8-9)15-5-6-18-11-3-1-10(14)2-4-11/h1-4,7-8H,5-6,14H2,(H,15,16,17). The molecular formula is C12H13IN4O. The highest BCUT2D eigenvalue weighted by atomic mass is 127. The zero-order valence-corrected chi connectivity index (χ0v) is 11.8. The van der Waals surface area contributed by atoms with Gasteiger partial charge in [-0.3, -0.25) is 0 Å². The van der Waals surface area contributed by atoms with Gasteiger partial charge in [0.1, 0.15) is 12.4 Å². The molecule has 0 radical (unpaired) electrons. The van der Waals surface area contributed by atoms with Gasteiger partial charge in [-0.05, 0) is 46.9 Å². The van der Waals surface area contributed by atoms with Crippen molar-refractivity contribution in [3.8, 4) is 5.75 Å². The van der Waals surface area contributed by atoms with E-state index in [0.717, 1.165) is 15.0 Å². The first-order chi connectivity index (χ1) is 8.74. The van der Waals surface area contributed by atoms with E-state index in [4.69, 9.17) is 10.5 Å². The molecule has 0 aliphatic heterocycles. The van der Waals surface area contributed by atoms with Gasteiger partial charge in [-0.2, -0.15) is 0 Å². The Morgan fingerprint density at radius 1 is 1.17 bits per heavy atom. The average Bonchev–Trinajstić information content (AvgIpc) is 2.39. The van der Waals surface area contributed by atoms with Gasteiger partial charge >= 0.3 is 0 Å². The molecule has 0 aliphatic rings. The van der Waals surface area contributed by atoms with E-state index in [1.165, 1.54) is 0 Å². The van der Waals surface area contributed by atoms with Crippen LogP contribution >= 0.6 is 22.6 Å². The van der Waals surface area contributed by atoms with Crippen molar-refractivity contribution in [1.29, 1.82) is 0 Å².